The predicted octanol–water partition coefficient (Wildman–Crippen LogP) is 3.69. The van der Waals surface area contributed by atoms with Crippen molar-refractivity contribution in [1.82, 2.24) is 4.31 Å². The fraction of sp³-hybridized carbons (Fsp3) is 0.278. The Labute approximate surface area is 153 Å². The number of halogens is 1. The van der Waals surface area contributed by atoms with Gasteiger partial charge in [-0.1, -0.05) is 35.9 Å². The number of hydrogen-bond acceptors (Lipinski definition) is 3. The van der Waals surface area contributed by atoms with Crippen molar-refractivity contribution in [3.63, 3.8) is 0 Å². The molecule has 1 amide bonds. The highest BCUT2D eigenvalue weighted by molar-refractivity contribution is 7.89. The predicted molar refractivity (Wildman–Crippen MR) is 100 cm³/mol. The van der Waals surface area contributed by atoms with E-state index in [-0.39, 0.29) is 23.8 Å². The van der Waals surface area contributed by atoms with Gasteiger partial charge in [0.25, 0.3) is 0 Å². The monoisotopic (exact) mass is 380 g/mol. The van der Waals surface area contributed by atoms with Crippen LogP contribution in [-0.2, 0) is 14.8 Å². The molecule has 5 nitrogen and oxygen atoms in total. The van der Waals surface area contributed by atoms with Crippen molar-refractivity contribution in [2.45, 2.75) is 24.7 Å². The molecule has 0 bridgehead atoms. The highest BCUT2D eigenvalue weighted by Gasteiger charge is 2.20. The van der Waals surface area contributed by atoms with Crippen molar-refractivity contribution >= 4 is 33.2 Å². The van der Waals surface area contributed by atoms with Crippen LogP contribution in [0.1, 0.15) is 18.4 Å². The Morgan fingerprint density at radius 3 is 2.48 bits per heavy atom. The normalized spacial score (nSPS) is 11.5. The summed E-state index contributed by atoms with van der Waals surface area (Å²) in [6.07, 6.45) is 0.647. The number of carbonyl (C=O) groups excluding carboxylic acids is 1. The fourth-order valence-corrected chi connectivity index (χ4v) is 3.66. The summed E-state index contributed by atoms with van der Waals surface area (Å²) in [5.41, 5.74) is 1.57. The lowest BCUT2D eigenvalue weighted by Gasteiger charge is -2.17. The van der Waals surface area contributed by atoms with Gasteiger partial charge in [0.15, 0.2) is 0 Å². The molecule has 134 valence electrons. The van der Waals surface area contributed by atoms with Crippen molar-refractivity contribution in [1.29, 1.82) is 0 Å². The smallest absolute Gasteiger partial charge is 0.242 e. The van der Waals surface area contributed by atoms with Gasteiger partial charge < -0.3 is 5.32 Å². The minimum Gasteiger partial charge on any atom is -0.326 e. The highest BCUT2D eigenvalue weighted by atomic mass is 35.5. The molecule has 25 heavy (non-hydrogen) atoms. The van der Waals surface area contributed by atoms with Crippen molar-refractivity contribution in [3.05, 3.63) is 59.1 Å². The van der Waals surface area contributed by atoms with Crippen molar-refractivity contribution in [2.75, 3.05) is 18.9 Å². The second-order valence-corrected chi connectivity index (χ2v) is 8.21. The van der Waals surface area contributed by atoms with Gasteiger partial charge >= 0.3 is 0 Å². The summed E-state index contributed by atoms with van der Waals surface area (Å²) in [7, 11) is -2.01. The molecular formula is C18H21ClN2O3S. The molecule has 0 aliphatic heterocycles. The number of aryl methyl sites for hydroxylation is 1. The Morgan fingerprint density at radius 1 is 1.16 bits per heavy atom. The molecule has 0 spiro atoms. The van der Waals surface area contributed by atoms with Crippen LogP contribution in [0.5, 0.6) is 0 Å². The number of rotatable bonds is 7. The highest BCUT2D eigenvalue weighted by Crippen LogP contribution is 2.20. The number of anilines is 1. The second kappa shape index (κ2) is 8.47. The molecule has 2 rings (SSSR count). The lowest BCUT2D eigenvalue weighted by Crippen LogP contribution is -2.28. The second-order valence-electron chi connectivity index (χ2n) is 5.76. The van der Waals surface area contributed by atoms with Crippen molar-refractivity contribution in [3.8, 4) is 0 Å². The number of benzene rings is 2. The molecule has 0 atom stereocenters. The topological polar surface area (TPSA) is 66.5 Å². The first-order valence-electron chi connectivity index (χ1n) is 7.88. The first-order valence-corrected chi connectivity index (χ1v) is 9.70. The van der Waals surface area contributed by atoms with E-state index in [0.717, 1.165) is 5.56 Å². The molecule has 2 aromatic carbocycles. The number of carbonyl (C=O) groups is 1. The number of amides is 1. The van der Waals surface area contributed by atoms with Gasteiger partial charge in [-0.3, -0.25) is 4.79 Å². The molecule has 0 unspecified atom stereocenters. The molecule has 0 saturated carbocycles. The molecular weight excluding hydrogens is 360 g/mol. The fourth-order valence-electron chi connectivity index (χ4n) is 2.25. The number of nitrogens with one attached hydrogen (secondary N) is 1. The van der Waals surface area contributed by atoms with E-state index in [0.29, 0.717) is 17.1 Å². The zero-order chi connectivity index (χ0) is 18.4. The Morgan fingerprint density at radius 2 is 1.84 bits per heavy atom. The van der Waals surface area contributed by atoms with E-state index in [1.807, 2.05) is 13.0 Å². The van der Waals surface area contributed by atoms with Crippen LogP contribution in [0, 0.1) is 6.92 Å². The van der Waals surface area contributed by atoms with E-state index in [9.17, 15) is 13.2 Å². The van der Waals surface area contributed by atoms with Gasteiger partial charge in [0.05, 0.1) is 4.90 Å². The van der Waals surface area contributed by atoms with Gasteiger partial charge in [0, 0.05) is 30.7 Å². The Kier molecular flexibility index (Phi) is 6.58. The quantitative estimate of drug-likeness (QED) is 0.796. The van der Waals surface area contributed by atoms with E-state index in [1.54, 1.807) is 42.5 Å². The Bertz CT molecular complexity index is 839. The molecule has 0 fully saturated rings. The van der Waals surface area contributed by atoms with Crippen molar-refractivity contribution < 1.29 is 13.2 Å². The molecule has 0 heterocycles. The van der Waals surface area contributed by atoms with Crippen LogP contribution in [0.15, 0.2) is 53.4 Å². The summed E-state index contributed by atoms with van der Waals surface area (Å²) >= 11 is 6.03. The molecule has 0 aliphatic rings. The summed E-state index contributed by atoms with van der Waals surface area (Å²) in [6, 6.07) is 13.5. The van der Waals surface area contributed by atoms with Crippen LogP contribution in [0.3, 0.4) is 0 Å². The maximum atomic E-state index is 12.4. The van der Waals surface area contributed by atoms with Crippen LogP contribution >= 0.6 is 11.6 Å². The molecule has 0 radical (unpaired) electrons. The molecule has 0 aliphatic carbocycles. The van der Waals surface area contributed by atoms with Gasteiger partial charge in [-0.15, -0.1) is 0 Å². The van der Waals surface area contributed by atoms with Crippen LogP contribution in [0.25, 0.3) is 0 Å². The summed E-state index contributed by atoms with van der Waals surface area (Å²) in [5.74, 6) is -0.176. The van der Waals surface area contributed by atoms with Crippen LogP contribution < -0.4 is 5.32 Å². The SMILES string of the molecule is Cc1ccc(NC(=O)CCCN(C)S(=O)(=O)c2ccccc2)cc1Cl. The third-order valence-electron chi connectivity index (χ3n) is 3.78. The lowest BCUT2D eigenvalue weighted by atomic mass is 10.2. The van der Waals surface area contributed by atoms with Gasteiger partial charge in [-0.25, -0.2) is 12.7 Å². The number of nitrogens with zero attached hydrogens (tertiary/aromatic N) is 1. The first-order chi connectivity index (χ1) is 11.8. The largest absolute Gasteiger partial charge is 0.326 e. The van der Waals surface area contributed by atoms with Gasteiger partial charge in [0.2, 0.25) is 15.9 Å². The molecule has 7 heteroatoms. The zero-order valence-electron chi connectivity index (χ0n) is 14.2. The maximum Gasteiger partial charge on any atom is 0.242 e. The van der Waals surface area contributed by atoms with E-state index in [1.165, 1.54) is 11.4 Å². The minimum absolute atomic E-state index is 0.176. The minimum atomic E-state index is -3.52. The lowest BCUT2D eigenvalue weighted by molar-refractivity contribution is -0.116. The molecule has 2 aromatic rings. The standard InChI is InChI=1S/C18H21ClN2O3S/c1-14-10-11-15(13-17(14)19)20-18(22)9-6-12-21(2)25(23,24)16-7-4-3-5-8-16/h3-5,7-8,10-11,13H,6,9,12H2,1-2H3,(H,20,22). The first kappa shape index (κ1) is 19.4. The van der Waals surface area contributed by atoms with E-state index < -0.39 is 10.0 Å². The van der Waals surface area contributed by atoms with E-state index in [2.05, 4.69) is 5.32 Å². The summed E-state index contributed by atoms with van der Waals surface area (Å²) in [6.45, 7) is 2.15. The number of sulfonamides is 1. The third kappa shape index (κ3) is 5.29. The molecule has 0 aromatic heterocycles. The summed E-state index contributed by atoms with van der Waals surface area (Å²) in [4.78, 5) is 12.2. The van der Waals surface area contributed by atoms with Gasteiger partial charge in [-0.05, 0) is 43.2 Å². The van der Waals surface area contributed by atoms with Crippen LogP contribution in [-0.4, -0.2) is 32.2 Å². The summed E-state index contributed by atoms with van der Waals surface area (Å²) in [5, 5.41) is 3.35. The zero-order valence-corrected chi connectivity index (χ0v) is 15.8. The van der Waals surface area contributed by atoms with Gasteiger partial charge in [-0.2, -0.15) is 0 Å². The van der Waals surface area contributed by atoms with Crippen LogP contribution in [0.2, 0.25) is 5.02 Å². The summed E-state index contributed by atoms with van der Waals surface area (Å²) < 4.78 is 26.0. The van der Waals surface area contributed by atoms with E-state index in [4.69, 9.17) is 11.6 Å². The third-order valence-corrected chi connectivity index (χ3v) is 6.06. The molecule has 0 saturated heterocycles. The van der Waals surface area contributed by atoms with Crippen LogP contribution in [0.4, 0.5) is 5.69 Å². The van der Waals surface area contributed by atoms with E-state index >= 15 is 0 Å². The Hall–Kier alpha value is -1.89. The molecule has 1 N–H and O–H groups in total. The van der Waals surface area contributed by atoms with Crippen molar-refractivity contribution in [2.24, 2.45) is 0 Å². The Balaban J connectivity index is 1.85. The van der Waals surface area contributed by atoms with Gasteiger partial charge in [0.1, 0.15) is 0 Å². The maximum absolute atomic E-state index is 12.4. The number of hydrogen-bond donors (Lipinski definition) is 1. The average molecular weight is 381 g/mol. The average Bonchev–Trinajstić information content (AvgIpc) is 2.59.